The van der Waals surface area contributed by atoms with Crippen LogP contribution < -0.4 is 10.1 Å². The van der Waals surface area contributed by atoms with Crippen molar-refractivity contribution in [3.05, 3.63) is 64.7 Å². The van der Waals surface area contributed by atoms with Crippen molar-refractivity contribution in [1.82, 2.24) is 15.1 Å². The summed E-state index contributed by atoms with van der Waals surface area (Å²) in [5, 5.41) is 3.52. The smallest absolute Gasteiger partial charge is 0.387 e. The molecule has 0 aromatic heterocycles. The Balaban J connectivity index is 1.54. The average Bonchev–Trinajstić information content (AvgIpc) is 2.79. The van der Waals surface area contributed by atoms with Crippen LogP contribution in [0.4, 0.5) is 13.6 Å². The predicted octanol–water partition coefficient (Wildman–Crippen LogP) is 4.49. The fourth-order valence-electron chi connectivity index (χ4n) is 3.66. The zero-order valence-electron chi connectivity index (χ0n) is 17.8. The first-order valence-corrected chi connectivity index (χ1v) is 10.9. The number of hydrogen-bond donors (Lipinski definition) is 1. The van der Waals surface area contributed by atoms with Gasteiger partial charge in [0.15, 0.2) is 0 Å². The van der Waals surface area contributed by atoms with E-state index in [1.165, 1.54) is 6.07 Å². The second-order valence-electron chi connectivity index (χ2n) is 7.50. The highest BCUT2D eigenvalue weighted by Gasteiger charge is 2.26. The number of nitrogens with one attached hydrogen (secondary N) is 1. The number of carbonyl (C=O) groups is 2. The van der Waals surface area contributed by atoms with Gasteiger partial charge >= 0.3 is 12.6 Å². The van der Waals surface area contributed by atoms with Crippen LogP contribution in [0.5, 0.6) is 5.75 Å². The largest absolute Gasteiger partial charge is 0.434 e. The maximum atomic E-state index is 12.8. The minimum atomic E-state index is -2.94. The Bertz CT molecular complexity index is 919. The summed E-state index contributed by atoms with van der Waals surface area (Å²) in [6, 6.07) is 12.8. The van der Waals surface area contributed by atoms with Gasteiger partial charge in [0.2, 0.25) is 5.91 Å². The van der Waals surface area contributed by atoms with E-state index >= 15 is 0 Å². The summed E-state index contributed by atoms with van der Waals surface area (Å²) in [6.07, 6.45) is 0.789. The number of piperazine rings is 1. The minimum Gasteiger partial charge on any atom is -0.434 e. The molecule has 0 spiro atoms. The molecule has 1 heterocycles. The molecule has 2 aromatic carbocycles. The van der Waals surface area contributed by atoms with E-state index in [1.807, 2.05) is 19.1 Å². The number of hydrogen-bond acceptors (Lipinski definition) is 3. The third-order valence-electron chi connectivity index (χ3n) is 5.40. The number of amides is 3. The van der Waals surface area contributed by atoms with Crippen LogP contribution in [-0.2, 0) is 11.2 Å². The molecule has 1 N–H and O–H groups in total. The third kappa shape index (κ3) is 6.32. The molecule has 0 bridgehead atoms. The number of ether oxygens (including phenoxy) is 1. The van der Waals surface area contributed by atoms with E-state index in [2.05, 4.69) is 10.1 Å². The topological polar surface area (TPSA) is 61.9 Å². The van der Waals surface area contributed by atoms with Crippen molar-refractivity contribution in [3.63, 3.8) is 0 Å². The van der Waals surface area contributed by atoms with Crippen LogP contribution in [0.15, 0.2) is 48.5 Å². The highest BCUT2D eigenvalue weighted by molar-refractivity contribution is 6.30. The molecule has 1 fully saturated rings. The molecule has 0 radical (unpaired) electrons. The first-order chi connectivity index (χ1) is 15.4. The Labute approximate surface area is 191 Å². The van der Waals surface area contributed by atoms with Gasteiger partial charge < -0.3 is 19.9 Å². The van der Waals surface area contributed by atoms with Crippen molar-refractivity contribution in [2.45, 2.75) is 32.4 Å². The Hall–Kier alpha value is -2.87. The molecule has 0 aliphatic carbocycles. The average molecular weight is 466 g/mol. The molecule has 172 valence electrons. The fraction of sp³-hybridized carbons (Fsp3) is 0.391. The predicted molar refractivity (Wildman–Crippen MR) is 118 cm³/mol. The highest BCUT2D eigenvalue weighted by Crippen LogP contribution is 2.28. The summed E-state index contributed by atoms with van der Waals surface area (Å²) in [4.78, 5) is 28.7. The second-order valence-corrected chi connectivity index (χ2v) is 7.93. The standard InChI is InChI=1S/C23H26ClF2N3O3/c1-2-19(18-5-3-4-6-20(18)32-22(25)26)27-23(31)29-13-11-28(12-14-29)21(30)15-16-7-9-17(24)10-8-16/h3-10,19,22H,2,11-15H2,1H3,(H,27,31). The lowest BCUT2D eigenvalue weighted by Crippen LogP contribution is -2.53. The molecule has 1 saturated heterocycles. The number of para-hydroxylation sites is 1. The minimum absolute atomic E-state index is 0.00288. The van der Waals surface area contributed by atoms with E-state index in [4.69, 9.17) is 11.6 Å². The van der Waals surface area contributed by atoms with E-state index in [-0.39, 0.29) is 24.1 Å². The highest BCUT2D eigenvalue weighted by atomic mass is 35.5. The van der Waals surface area contributed by atoms with Crippen molar-refractivity contribution >= 4 is 23.5 Å². The van der Waals surface area contributed by atoms with Gasteiger partial charge in [-0.25, -0.2) is 4.79 Å². The number of carbonyl (C=O) groups excluding carboxylic acids is 2. The lowest BCUT2D eigenvalue weighted by molar-refractivity contribution is -0.131. The van der Waals surface area contributed by atoms with Gasteiger partial charge in [0.05, 0.1) is 12.5 Å². The van der Waals surface area contributed by atoms with Crippen molar-refractivity contribution in [3.8, 4) is 5.75 Å². The van der Waals surface area contributed by atoms with Crippen molar-refractivity contribution < 1.29 is 23.1 Å². The number of nitrogens with zero attached hydrogens (tertiary/aromatic N) is 2. The number of halogens is 3. The third-order valence-corrected chi connectivity index (χ3v) is 5.66. The molecule has 1 unspecified atom stereocenters. The summed E-state index contributed by atoms with van der Waals surface area (Å²) >= 11 is 5.88. The van der Waals surface area contributed by atoms with E-state index in [9.17, 15) is 18.4 Å². The Morgan fingerprint density at radius 1 is 1.03 bits per heavy atom. The number of rotatable bonds is 7. The molecule has 1 aliphatic rings. The summed E-state index contributed by atoms with van der Waals surface area (Å²) in [6.45, 7) is 0.567. The van der Waals surface area contributed by atoms with Crippen molar-refractivity contribution in [2.24, 2.45) is 0 Å². The van der Waals surface area contributed by atoms with Gasteiger partial charge in [-0.1, -0.05) is 48.9 Å². The van der Waals surface area contributed by atoms with E-state index in [0.29, 0.717) is 43.2 Å². The van der Waals surface area contributed by atoms with Gasteiger partial charge in [-0.2, -0.15) is 8.78 Å². The molecule has 9 heteroatoms. The maximum Gasteiger partial charge on any atom is 0.387 e. The van der Waals surface area contributed by atoms with Gasteiger partial charge in [-0.05, 0) is 30.2 Å². The van der Waals surface area contributed by atoms with Crippen molar-refractivity contribution in [1.29, 1.82) is 0 Å². The first-order valence-electron chi connectivity index (χ1n) is 10.5. The van der Waals surface area contributed by atoms with Gasteiger partial charge in [-0.15, -0.1) is 0 Å². The number of urea groups is 1. The van der Waals surface area contributed by atoms with E-state index < -0.39 is 12.7 Å². The van der Waals surface area contributed by atoms with Crippen LogP contribution in [-0.4, -0.2) is 54.5 Å². The normalized spacial score (nSPS) is 14.9. The van der Waals surface area contributed by atoms with E-state index in [0.717, 1.165) is 5.56 Å². The molecule has 3 amide bonds. The lowest BCUT2D eigenvalue weighted by Gasteiger charge is -2.35. The Kier molecular flexibility index (Phi) is 8.27. The van der Waals surface area contributed by atoms with Crippen LogP contribution in [0, 0.1) is 0 Å². The fourth-order valence-corrected chi connectivity index (χ4v) is 3.79. The molecule has 0 saturated carbocycles. The molecule has 6 nitrogen and oxygen atoms in total. The summed E-state index contributed by atoms with van der Waals surface area (Å²) in [5.74, 6) is 0.0455. The lowest BCUT2D eigenvalue weighted by atomic mass is 10.0. The zero-order valence-corrected chi connectivity index (χ0v) is 18.5. The molecule has 1 atom stereocenters. The van der Waals surface area contributed by atoms with Crippen molar-refractivity contribution in [2.75, 3.05) is 26.2 Å². The van der Waals surface area contributed by atoms with Gasteiger partial charge in [-0.3, -0.25) is 4.79 Å². The van der Waals surface area contributed by atoms with Gasteiger partial charge in [0, 0.05) is 36.8 Å². The van der Waals surface area contributed by atoms with E-state index in [1.54, 1.807) is 40.1 Å². The summed E-state index contributed by atoms with van der Waals surface area (Å²) in [7, 11) is 0. The summed E-state index contributed by atoms with van der Waals surface area (Å²) < 4.78 is 30.0. The van der Waals surface area contributed by atoms with Gasteiger partial charge in [0.25, 0.3) is 0 Å². The van der Waals surface area contributed by atoms with Crippen LogP contribution in [0.3, 0.4) is 0 Å². The quantitative estimate of drug-likeness (QED) is 0.655. The molecular weight excluding hydrogens is 440 g/mol. The van der Waals surface area contributed by atoms with Gasteiger partial charge in [0.1, 0.15) is 5.75 Å². The summed E-state index contributed by atoms with van der Waals surface area (Å²) in [5.41, 5.74) is 1.38. The molecule has 32 heavy (non-hydrogen) atoms. The molecular formula is C23H26ClF2N3O3. The number of benzene rings is 2. The monoisotopic (exact) mass is 465 g/mol. The van der Waals surface area contributed by atoms with Crippen LogP contribution in [0.1, 0.15) is 30.5 Å². The molecule has 2 aromatic rings. The zero-order chi connectivity index (χ0) is 23.1. The molecule has 1 aliphatic heterocycles. The second kappa shape index (κ2) is 11.1. The Morgan fingerprint density at radius 3 is 2.28 bits per heavy atom. The maximum absolute atomic E-state index is 12.8. The van der Waals surface area contributed by atoms with Crippen LogP contribution in [0.2, 0.25) is 5.02 Å². The van der Waals surface area contributed by atoms with Crippen LogP contribution >= 0.6 is 11.6 Å². The van der Waals surface area contributed by atoms with Crippen LogP contribution in [0.25, 0.3) is 0 Å². The first kappa shape index (κ1) is 23.8. The molecule has 3 rings (SSSR count). The Morgan fingerprint density at radius 2 is 1.66 bits per heavy atom. The number of alkyl halides is 2. The SMILES string of the molecule is CCC(NC(=O)N1CCN(C(=O)Cc2ccc(Cl)cc2)CC1)c1ccccc1OC(F)F.